The van der Waals surface area contributed by atoms with Crippen LogP contribution in [0, 0.1) is 11.3 Å². The molecule has 1 aromatic heterocycles. The molecule has 21 heavy (non-hydrogen) atoms. The highest BCUT2D eigenvalue weighted by atomic mass is 79.9. The second-order valence-corrected chi connectivity index (χ2v) is 5.59. The second-order valence-electron chi connectivity index (χ2n) is 4.74. The van der Waals surface area contributed by atoms with Crippen molar-refractivity contribution in [2.75, 3.05) is 24.6 Å². The van der Waals surface area contributed by atoms with Crippen LogP contribution in [0.15, 0.2) is 20.5 Å². The fraction of sp³-hybridized carbons (Fsp3) is 0.467. The number of carbonyl (C=O) groups is 1. The predicted octanol–water partition coefficient (Wildman–Crippen LogP) is 3.50. The fourth-order valence-electron chi connectivity index (χ4n) is 2.25. The van der Waals surface area contributed by atoms with E-state index in [9.17, 15) is 4.79 Å². The number of esters is 1. The van der Waals surface area contributed by atoms with Crippen molar-refractivity contribution in [2.24, 2.45) is 0 Å². The maximum absolute atomic E-state index is 11.6. The number of carbonyl (C=O) groups excluding carboxylic acids is 1. The highest BCUT2D eigenvalue weighted by molar-refractivity contribution is 9.10. The van der Waals surface area contributed by atoms with Crippen molar-refractivity contribution in [2.45, 2.75) is 26.2 Å². The lowest BCUT2D eigenvalue weighted by Crippen LogP contribution is -2.29. The number of ether oxygens (including phenoxy) is 1. The Morgan fingerprint density at radius 3 is 2.86 bits per heavy atom. The highest BCUT2D eigenvalue weighted by Crippen LogP contribution is 2.33. The Balaban J connectivity index is 2.21. The first-order valence-electron chi connectivity index (χ1n) is 6.99. The Morgan fingerprint density at radius 1 is 1.52 bits per heavy atom. The zero-order chi connectivity index (χ0) is 15.2. The molecule has 2 rings (SSSR count). The van der Waals surface area contributed by atoms with Gasteiger partial charge in [-0.15, -0.1) is 0 Å². The van der Waals surface area contributed by atoms with Crippen LogP contribution in [0.1, 0.15) is 31.9 Å². The molecule has 1 aromatic rings. The van der Waals surface area contributed by atoms with Crippen LogP contribution in [-0.2, 0) is 9.53 Å². The Labute approximate surface area is 132 Å². The molecule has 0 bridgehead atoms. The summed E-state index contributed by atoms with van der Waals surface area (Å²) in [6, 6.07) is 3.61. The molecule has 0 atom stereocenters. The van der Waals surface area contributed by atoms with E-state index in [2.05, 4.69) is 20.8 Å². The Hall–Kier alpha value is -1.74. The number of anilines is 1. The van der Waals surface area contributed by atoms with Gasteiger partial charge in [-0.05, 0) is 42.1 Å². The summed E-state index contributed by atoms with van der Waals surface area (Å²) in [6.45, 7) is 3.85. The lowest BCUT2D eigenvalue weighted by Gasteiger charge is -2.26. The lowest BCUT2D eigenvalue weighted by molar-refractivity contribution is -0.137. The van der Waals surface area contributed by atoms with Crippen molar-refractivity contribution in [3.8, 4) is 6.07 Å². The molecule has 0 radical (unpaired) electrons. The predicted molar refractivity (Wildman–Crippen MR) is 82.7 cm³/mol. The topological polar surface area (TPSA) is 66.5 Å². The van der Waals surface area contributed by atoms with Crippen molar-refractivity contribution in [1.82, 2.24) is 0 Å². The van der Waals surface area contributed by atoms with Crippen LogP contribution in [0.3, 0.4) is 0 Å². The van der Waals surface area contributed by atoms with Crippen LogP contribution < -0.4 is 4.90 Å². The molecule has 1 aliphatic rings. The molecule has 0 unspecified atom stereocenters. The molecule has 112 valence electrons. The number of nitriles is 1. The highest BCUT2D eigenvalue weighted by Gasteiger charge is 2.19. The Bertz CT molecular complexity index is 580. The number of rotatable bonds is 4. The molecule has 0 aromatic carbocycles. The van der Waals surface area contributed by atoms with Gasteiger partial charge in [0.2, 0.25) is 5.88 Å². The van der Waals surface area contributed by atoms with Gasteiger partial charge in [-0.3, -0.25) is 0 Å². The summed E-state index contributed by atoms with van der Waals surface area (Å²) >= 11 is 3.47. The summed E-state index contributed by atoms with van der Waals surface area (Å²) < 4.78 is 11.4. The summed E-state index contributed by atoms with van der Waals surface area (Å²) in [5, 5.41) is 9.03. The van der Waals surface area contributed by atoms with Gasteiger partial charge in [0.25, 0.3) is 0 Å². The van der Waals surface area contributed by atoms with Gasteiger partial charge in [0.1, 0.15) is 17.4 Å². The summed E-state index contributed by atoms with van der Waals surface area (Å²) in [6.07, 6.45) is 4.94. The molecule has 0 spiro atoms. The molecule has 1 saturated heterocycles. The van der Waals surface area contributed by atoms with Crippen LogP contribution in [0.4, 0.5) is 5.88 Å². The number of hydrogen-bond donors (Lipinski definition) is 0. The van der Waals surface area contributed by atoms with E-state index in [0.29, 0.717) is 5.76 Å². The van der Waals surface area contributed by atoms with Gasteiger partial charge in [-0.25, -0.2) is 4.79 Å². The van der Waals surface area contributed by atoms with Crippen molar-refractivity contribution < 1.29 is 13.9 Å². The third-order valence-corrected chi connectivity index (χ3v) is 3.80. The van der Waals surface area contributed by atoms with Gasteiger partial charge in [0, 0.05) is 25.2 Å². The summed E-state index contributed by atoms with van der Waals surface area (Å²) in [5.41, 5.74) is -0.0664. The van der Waals surface area contributed by atoms with Crippen LogP contribution in [-0.4, -0.2) is 25.7 Å². The van der Waals surface area contributed by atoms with E-state index in [1.54, 1.807) is 13.0 Å². The third kappa shape index (κ3) is 3.88. The number of piperidine rings is 1. The van der Waals surface area contributed by atoms with E-state index in [0.717, 1.165) is 36.3 Å². The molecule has 0 amide bonds. The molecule has 1 aliphatic heterocycles. The molecule has 5 nitrogen and oxygen atoms in total. The zero-order valence-electron chi connectivity index (χ0n) is 11.9. The van der Waals surface area contributed by atoms with Gasteiger partial charge in [-0.2, -0.15) is 5.26 Å². The van der Waals surface area contributed by atoms with E-state index >= 15 is 0 Å². The van der Waals surface area contributed by atoms with Gasteiger partial charge in [-0.1, -0.05) is 0 Å². The van der Waals surface area contributed by atoms with E-state index < -0.39 is 5.97 Å². The largest absolute Gasteiger partial charge is 0.462 e. The van der Waals surface area contributed by atoms with Crippen molar-refractivity contribution in [1.29, 1.82) is 5.26 Å². The Morgan fingerprint density at radius 2 is 2.24 bits per heavy atom. The second kappa shape index (κ2) is 7.32. The Kier molecular flexibility index (Phi) is 5.45. The monoisotopic (exact) mass is 352 g/mol. The van der Waals surface area contributed by atoms with Gasteiger partial charge in [0.05, 0.1) is 11.1 Å². The molecule has 6 heteroatoms. The first-order valence-corrected chi connectivity index (χ1v) is 7.78. The molecular formula is C15H17BrN2O3. The van der Waals surface area contributed by atoms with Crippen LogP contribution in [0.25, 0.3) is 6.08 Å². The normalized spacial score (nSPS) is 15.7. The minimum atomic E-state index is -0.632. The minimum Gasteiger partial charge on any atom is -0.462 e. The zero-order valence-corrected chi connectivity index (χ0v) is 13.5. The van der Waals surface area contributed by atoms with E-state index in [-0.39, 0.29) is 12.2 Å². The summed E-state index contributed by atoms with van der Waals surface area (Å²) in [4.78, 5) is 13.8. The molecule has 1 fully saturated rings. The van der Waals surface area contributed by atoms with Crippen LogP contribution in [0.5, 0.6) is 0 Å². The van der Waals surface area contributed by atoms with Crippen molar-refractivity contribution >= 4 is 33.9 Å². The van der Waals surface area contributed by atoms with Crippen LogP contribution in [0.2, 0.25) is 0 Å². The molecular weight excluding hydrogens is 336 g/mol. The first-order chi connectivity index (χ1) is 10.2. The number of hydrogen-bond acceptors (Lipinski definition) is 5. The van der Waals surface area contributed by atoms with Gasteiger partial charge in [0.15, 0.2) is 0 Å². The van der Waals surface area contributed by atoms with E-state index in [4.69, 9.17) is 14.4 Å². The van der Waals surface area contributed by atoms with Crippen molar-refractivity contribution in [3.05, 3.63) is 21.9 Å². The average Bonchev–Trinajstić information content (AvgIpc) is 2.86. The lowest BCUT2D eigenvalue weighted by atomic mass is 10.1. The van der Waals surface area contributed by atoms with Crippen LogP contribution >= 0.6 is 15.9 Å². The molecule has 0 N–H and O–H groups in total. The quantitative estimate of drug-likeness (QED) is 0.471. The number of furan rings is 1. The van der Waals surface area contributed by atoms with Gasteiger partial charge < -0.3 is 14.1 Å². The van der Waals surface area contributed by atoms with E-state index in [1.807, 2.05) is 6.07 Å². The standard InChI is InChI=1S/C15H17BrN2O3/c1-2-20-15(19)11(10-17)8-12-9-13(16)14(21-12)18-6-4-3-5-7-18/h8-9H,2-7H2,1H3/b11-8-. The number of halogens is 1. The molecule has 0 saturated carbocycles. The average molecular weight is 353 g/mol. The molecule has 2 heterocycles. The summed E-state index contributed by atoms with van der Waals surface area (Å²) in [7, 11) is 0. The smallest absolute Gasteiger partial charge is 0.349 e. The summed E-state index contributed by atoms with van der Waals surface area (Å²) in [5.74, 6) is 0.584. The molecule has 0 aliphatic carbocycles. The third-order valence-electron chi connectivity index (χ3n) is 3.23. The van der Waals surface area contributed by atoms with Gasteiger partial charge >= 0.3 is 5.97 Å². The number of nitrogens with zero attached hydrogens (tertiary/aromatic N) is 2. The van der Waals surface area contributed by atoms with E-state index in [1.165, 1.54) is 12.5 Å². The van der Waals surface area contributed by atoms with Crippen molar-refractivity contribution in [3.63, 3.8) is 0 Å². The first kappa shape index (κ1) is 15.6. The maximum Gasteiger partial charge on any atom is 0.349 e. The fourth-order valence-corrected chi connectivity index (χ4v) is 2.81. The maximum atomic E-state index is 11.6. The minimum absolute atomic E-state index is 0.0664. The SMILES string of the molecule is CCOC(=O)/C(C#N)=C\c1cc(Br)c(N2CCCCC2)o1.